The minimum Gasteiger partial charge on any atom is -0.480 e. The summed E-state index contributed by atoms with van der Waals surface area (Å²) < 4.78 is 7.61. The number of ether oxygens (including phenoxy) is 1. The lowest BCUT2D eigenvalue weighted by Gasteiger charge is -2.24. The maximum Gasteiger partial charge on any atom is 0.412 e. The molecule has 0 aliphatic rings. The summed E-state index contributed by atoms with van der Waals surface area (Å²) in [7, 11) is 2.94. The number of amides is 3. The van der Waals surface area contributed by atoms with Crippen molar-refractivity contribution in [3.05, 3.63) is 82.2 Å². The molecule has 0 aliphatic heterocycles. The number of hydrogen-bond acceptors (Lipinski definition) is 16. The van der Waals surface area contributed by atoms with Gasteiger partial charge in [-0.3, -0.25) is 24.7 Å². The van der Waals surface area contributed by atoms with Gasteiger partial charge in [-0.25, -0.2) is 29.5 Å². The van der Waals surface area contributed by atoms with Gasteiger partial charge in [-0.15, -0.1) is 0 Å². The highest BCUT2D eigenvalue weighted by Crippen LogP contribution is 2.33. The number of aliphatic hydroxyl groups excluding tert-OH is 1. The van der Waals surface area contributed by atoms with Gasteiger partial charge in [0.1, 0.15) is 24.0 Å². The van der Waals surface area contributed by atoms with Crippen LogP contribution in [0.4, 0.5) is 22.2 Å². The molecule has 0 saturated carbocycles. The first-order chi connectivity index (χ1) is 31.2. The summed E-state index contributed by atoms with van der Waals surface area (Å²) in [6, 6.07) is 12.7. The zero-order chi connectivity index (χ0) is 46.5. The fraction of sp³-hybridized carbons (Fsp3) is 0.395. The van der Waals surface area contributed by atoms with E-state index in [1.54, 1.807) is 12.1 Å². The number of benzene rings is 2. The molecule has 1 atom stereocenters. The molecule has 20 nitrogen and oxygen atoms in total. The Labute approximate surface area is 381 Å². The molecule has 0 radical (unpaired) electrons. The van der Waals surface area contributed by atoms with E-state index in [0.717, 1.165) is 36.0 Å². The lowest BCUT2D eigenvalue weighted by atomic mass is 9.94. The lowest BCUT2D eigenvalue weighted by molar-refractivity contribution is -0.139. The molecule has 0 spiro atoms. The van der Waals surface area contributed by atoms with Crippen LogP contribution < -0.4 is 32.6 Å². The van der Waals surface area contributed by atoms with E-state index in [4.69, 9.17) is 20.4 Å². The average Bonchev–Trinajstić information content (AvgIpc) is 3.64. The maximum absolute atomic E-state index is 13.0. The van der Waals surface area contributed by atoms with Crippen LogP contribution in [0.15, 0.2) is 59.5 Å². The van der Waals surface area contributed by atoms with Crippen molar-refractivity contribution in [3.63, 3.8) is 0 Å². The number of nitrogens with zero attached hydrogens (tertiary/aromatic N) is 6. The highest BCUT2D eigenvalue weighted by atomic mass is 33.1. The van der Waals surface area contributed by atoms with E-state index in [-0.39, 0.29) is 61.2 Å². The molecule has 9 N–H and O–H groups in total. The Hall–Kier alpha value is -6.52. The zero-order valence-electron chi connectivity index (χ0n) is 36.2. The number of anilines is 3. The van der Waals surface area contributed by atoms with Crippen molar-refractivity contribution in [2.24, 2.45) is 5.41 Å². The molecule has 0 aliphatic carbocycles. The molecule has 0 unspecified atom stereocenters. The van der Waals surface area contributed by atoms with E-state index >= 15 is 0 Å². The molecule has 344 valence electrons. The third-order valence-electron chi connectivity index (χ3n) is 10.0. The Balaban J connectivity index is 0.890. The van der Waals surface area contributed by atoms with Crippen LogP contribution in [-0.4, -0.2) is 106 Å². The first kappa shape index (κ1) is 47.9. The number of aryl methyl sites for hydroxylation is 1. The number of carbonyl (C=O) groups excluding carboxylic acids is 3. The topological polar surface area (TPSA) is 294 Å². The molecular formula is C43H52N12O8S2. The standard InChI is InChI=1S/C43H52N12O8S2/c1-4-5-10-31-51-33-35(55(31)23-43(2,3)24-56)28-8-6-7-9-29(28)49-37(33)53-42(62)63-18-20-65-64-19-17-45-32(57)16-15-30(40(60)61)50-38(58)25-11-13-26(14-12-25)46-21-27-22-47-36-34(48-27)39(59)54-41(44)52-36/h6-9,11-14,22,30,46,56H,4-5,10,15-21,23-24H2,1-3H3,(H,45,57)(H,50,58)(H,60,61)(H,49,53,62)(H3,44,47,52,54,59)/t30-/m1/s1. The van der Waals surface area contributed by atoms with Gasteiger partial charge in [0.15, 0.2) is 17.0 Å². The van der Waals surface area contributed by atoms with Gasteiger partial charge < -0.3 is 41.2 Å². The smallest absolute Gasteiger partial charge is 0.412 e. The Bertz CT molecular complexity index is 2710. The van der Waals surface area contributed by atoms with Gasteiger partial charge >= 0.3 is 12.1 Å². The van der Waals surface area contributed by atoms with Crippen LogP contribution in [-0.2, 0) is 33.8 Å². The minimum atomic E-state index is -1.29. The van der Waals surface area contributed by atoms with Crippen molar-refractivity contribution in [2.45, 2.75) is 72.0 Å². The molecule has 6 aromatic rings. The number of aromatic amines is 1. The number of nitrogens with two attached hydrogens (primary N) is 1. The summed E-state index contributed by atoms with van der Waals surface area (Å²) in [5.74, 6) is -0.110. The monoisotopic (exact) mass is 928 g/mol. The normalized spacial score (nSPS) is 12.0. The van der Waals surface area contributed by atoms with Crippen LogP contribution in [0, 0.1) is 5.41 Å². The number of H-pyrrole nitrogens is 1. The van der Waals surface area contributed by atoms with E-state index in [1.807, 2.05) is 38.1 Å². The summed E-state index contributed by atoms with van der Waals surface area (Å²) in [6.45, 7) is 7.31. The third-order valence-corrected chi connectivity index (χ3v) is 12.4. The summed E-state index contributed by atoms with van der Waals surface area (Å²) in [4.78, 5) is 86.8. The van der Waals surface area contributed by atoms with Crippen molar-refractivity contribution in [1.82, 2.24) is 45.1 Å². The molecule has 3 amide bonds. The van der Waals surface area contributed by atoms with Gasteiger partial charge in [-0.1, -0.05) is 67.0 Å². The number of hydrogen-bond donors (Lipinski definition) is 8. The van der Waals surface area contributed by atoms with Gasteiger partial charge in [0, 0.05) is 66.1 Å². The summed E-state index contributed by atoms with van der Waals surface area (Å²) in [5, 5.41) is 31.9. The van der Waals surface area contributed by atoms with Crippen LogP contribution in [0.25, 0.3) is 33.1 Å². The number of aromatic nitrogens is 7. The first-order valence-electron chi connectivity index (χ1n) is 21.0. The van der Waals surface area contributed by atoms with Gasteiger partial charge in [-0.2, -0.15) is 4.98 Å². The minimum absolute atomic E-state index is 0.00196. The fourth-order valence-electron chi connectivity index (χ4n) is 6.65. The van der Waals surface area contributed by atoms with Crippen LogP contribution in [0.5, 0.6) is 0 Å². The highest BCUT2D eigenvalue weighted by molar-refractivity contribution is 8.76. The van der Waals surface area contributed by atoms with Crippen molar-refractivity contribution in [3.8, 4) is 0 Å². The second-order valence-electron chi connectivity index (χ2n) is 15.8. The number of carbonyl (C=O) groups is 4. The predicted molar refractivity (Wildman–Crippen MR) is 252 cm³/mol. The quantitative estimate of drug-likeness (QED) is 0.0314. The third kappa shape index (κ3) is 13.0. The SMILES string of the molecule is CCCCc1nc2c(NC(=O)OCCSSCCNC(=O)CC[C@@H](NC(=O)c3ccc(NCc4cnc5nc(N)[nH]c(=O)c5n4)cc3)C(=O)O)nc3ccccc3c2n1CC(C)(C)CO. The van der Waals surface area contributed by atoms with E-state index in [0.29, 0.717) is 52.8 Å². The van der Waals surface area contributed by atoms with Crippen molar-refractivity contribution in [1.29, 1.82) is 0 Å². The van der Waals surface area contributed by atoms with Gasteiger partial charge in [-0.05, 0) is 43.2 Å². The number of nitrogen functional groups attached to an aromatic ring is 1. The molecule has 4 aromatic heterocycles. The lowest BCUT2D eigenvalue weighted by Crippen LogP contribution is -2.41. The molecule has 0 bridgehead atoms. The summed E-state index contributed by atoms with van der Waals surface area (Å²) in [5.41, 5.74) is 8.22. The van der Waals surface area contributed by atoms with Crippen molar-refractivity contribution in [2.75, 3.05) is 47.6 Å². The average molecular weight is 929 g/mol. The molecule has 6 rings (SSSR count). The van der Waals surface area contributed by atoms with Gasteiger partial charge in [0.25, 0.3) is 11.5 Å². The maximum atomic E-state index is 13.0. The largest absolute Gasteiger partial charge is 0.480 e. The Kier molecular flexibility index (Phi) is 16.5. The van der Waals surface area contributed by atoms with E-state index < -0.39 is 35.0 Å². The van der Waals surface area contributed by atoms with Gasteiger partial charge in [0.2, 0.25) is 11.9 Å². The number of unbranched alkanes of at least 4 members (excludes halogenated alkanes) is 1. The summed E-state index contributed by atoms with van der Waals surface area (Å²) in [6.07, 6.45) is 3.22. The molecule has 4 heterocycles. The molecule has 0 saturated heterocycles. The van der Waals surface area contributed by atoms with Crippen molar-refractivity contribution < 1.29 is 34.1 Å². The van der Waals surface area contributed by atoms with E-state index in [9.17, 15) is 34.2 Å². The predicted octanol–water partition coefficient (Wildman–Crippen LogP) is 4.88. The molecular weight excluding hydrogens is 877 g/mol. The summed E-state index contributed by atoms with van der Waals surface area (Å²) >= 11 is 0. The van der Waals surface area contributed by atoms with Gasteiger partial charge in [0.05, 0.1) is 29.5 Å². The number of para-hydroxylation sites is 1. The second-order valence-corrected chi connectivity index (χ2v) is 18.5. The molecule has 2 aromatic carbocycles. The molecule has 65 heavy (non-hydrogen) atoms. The zero-order valence-corrected chi connectivity index (χ0v) is 37.8. The fourth-order valence-corrected chi connectivity index (χ4v) is 8.38. The number of fused-ring (bicyclic) bond motifs is 4. The first-order valence-corrected chi connectivity index (χ1v) is 23.5. The van der Waals surface area contributed by atoms with E-state index in [2.05, 4.69) is 52.7 Å². The van der Waals surface area contributed by atoms with Crippen LogP contribution in [0.1, 0.15) is 68.3 Å². The number of imidazole rings is 1. The Morgan fingerprint density at radius 2 is 1.77 bits per heavy atom. The highest BCUT2D eigenvalue weighted by Gasteiger charge is 2.26. The number of carboxylic acids is 1. The van der Waals surface area contributed by atoms with Crippen LogP contribution in [0.3, 0.4) is 0 Å². The number of nitrogens with one attached hydrogen (secondary N) is 5. The Morgan fingerprint density at radius 3 is 2.52 bits per heavy atom. The number of carboxylic acid groups (broad SMARTS) is 1. The Morgan fingerprint density at radius 1 is 1.00 bits per heavy atom. The molecule has 22 heteroatoms. The van der Waals surface area contributed by atoms with Crippen LogP contribution >= 0.6 is 21.6 Å². The number of aliphatic hydroxyl groups is 1. The number of aliphatic carboxylic acids is 1. The van der Waals surface area contributed by atoms with Crippen molar-refractivity contribution >= 4 is 96.0 Å². The number of pyridine rings is 1. The molecule has 0 fully saturated rings. The van der Waals surface area contributed by atoms with E-state index in [1.165, 1.54) is 39.9 Å². The van der Waals surface area contributed by atoms with Crippen LogP contribution in [0.2, 0.25) is 0 Å². The second kappa shape index (κ2) is 22.4. The number of rotatable bonds is 23.